The summed E-state index contributed by atoms with van der Waals surface area (Å²) >= 11 is 1.11. The van der Waals surface area contributed by atoms with Gasteiger partial charge >= 0.3 is 6.09 Å². The zero-order valence-electron chi connectivity index (χ0n) is 8.93. The third kappa shape index (κ3) is 2.28. The number of carboxylic acid groups (broad SMARTS) is 1. The second kappa shape index (κ2) is 4.40. The monoisotopic (exact) mass is 258 g/mol. The van der Waals surface area contributed by atoms with Gasteiger partial charge in [0.15, 0.2) is 12.0 Å². The lowest BCUT2D eigenvalue weighted by Crippen LogP contribution is -2.42. The van der Waals surface area contributed by atoms with Gasteiger partial charge in [0.1, 0.15) is 10.7 Å². The molecule has 2 rings (SSSR count). The molecule has 1 fully saturated rings. The van der Waals surface area contributed by atoms with Crippen LogP contribution in [0.15, 0.2) is 5.38 Å². The van der Waals surface area contributed by atoms with E-state index in [1.54, 1.807) is 0 Å². The lowest BCUT2D eigenvalue weighted by atomic mass is 9.94. The van der Waals surface area contributed by atoms with Gasteiger partial charge in [0.05, 0.1) is 0 Å². The summed E-state index contributed by atoms with van der Waals surface area (Å²) in [7, 11) is 0. The van der Waals surface area contributed by atoms with Crippen molar-refractivity contribution >= 4 is 23.7 Å². The van der Waals surface area contributed by atoms with Crippen molar-refractivity contribution in [2.45, 2.75) is 18.5 Å². The van der Waals surface area contributed by atoms with Crippen molar-refractivity contribution in [2.75, 3.05) is 13.1 Å². The third-order valence-corrected chi connectivity index (χ3v) is 3.89. The molecule has 1 aromatic heterocycles. The molecule has 1 N–H and O–H groups in total. The van der Waals surface area contributed by atoms with E-state index in [0.29, 0.717) is 6.29 Å². The Balaban J connectivity index is 2.11. The molecule has 1 aromatic rings. The van der Waals surface area contributed by atoms with Crippen LogP contribution >= 0.6 is 11.3 Å². The Morgan fingerprint density at radius 3 is 2.71 bits per heavy atom. The van der Waals surface area contributed by atoms with E-state index in [9.17, 15) is 14.0 Å². The van der Waals surface area contributed by atoms with E-state index in [0.717, 1.165) is 11.3 Å². The molecule has 92 valence electrons. The van der Waals surface area contributed by atoms with Crippen LogP contribution in [0.4, 0.5) is 9.18 Å². The molecule has 17 heavy (non-hydrogen) atoms. The summed E-state index contributed by atoms with van der Waals surface area (Å²) < 4.78 is 14.5. The van der Waals surface area contributed by atoms with Crippen molar-refractivity contribution in [1.82, 2.24) is 9.88 Å². The largest absolute Gasteiger partial charge is 0.465 e. The minimum Gasteiger partial charge on any atom is -0.465 e. The molecule has 1 saturated heterocycles. The van der Waals surface area contributed by atoms with Crippen LogP contribution in [0.25, 0.3) is 0 Å². The molecule has 0 unspecified atom stereocenters. The summed E-state index contributed by atoms with van der Waals surface area (Å²) in [4.78, 5) is 26.3. The van der Waals surface area contributed by atoms with Crippen LogP contribution < -0.4 is 0 Å². The molecule has 7 heteroatoms. The fourth-order valence-electron chi connectivity index (χ4n) is 1.81. The molecule has 0 spiro atoms. The normalized spacial score (nSPS) is 19.0. The van der Waals surface area contributed by atoms with Crippen LogP contribution in [0, 0.1) is 0 Å². The smallest absolute Gasteiger partial charge is 0.407 e. The summed E-state index contributed by atoms with van der Waals surface area (Å²) in [5, 5.41) is 10.5. The summed E-state index contributed by atoms with van der Waals surface area (Å²) in [6, 6.07) is 0. The first-order chi connectivity index (χ1) is 8.05. The van der Waals surface area contributed by atoms with Crippen molar-refractivity contribution < 1.29 is 19.1 Å². The summed E-state index contributed by atoms with van der Waals surface area (Å²) in [5.74, 6) is 0. The SMILES string of the molecule is O=Cc1csc(C2(F)CCN(C(=O)O)CC2)n1. The summed E-state index contributed by atoms with van der Waals surface area (Å²) in [5.41, 5.74) is -1.37. The Bertz CT molecular complexity index is 441. The second-order valence-corrected chi connectivity index (χ2v) is 4.79. The number of carbonyl (C=O) groups excluding carboxylic acids is 1. The maximum atomic E-state index is 14.5. The standard InChI is InChI=1S/C10H11FN2O3S/c11-10(8-12-7(5-14)6-17-8)1-3-13(4-2-10)9(15)16/h5-6H,1-4H2,(H,15,16). The van der Waals surface area contributed by atoms with E-state index in [-0.39, 0.29) is 36.6 Å². The van der Waals surface area contributed by atoms with Gasteiger partial charge in [-0.15, -0.1) is 11.3 Å². The minimum absolute atomic E-state index is 0.0884. The van der Waals surface area contributed by atoms with Gasteiger partial charge in [-0.2, -0.15) is 0 Å². The van der Waals surface area contributed by atoms with Crippen LogP contribution in [-0.4, -0.2) is 40.5 Å². The van der Waals surface area contributed by atoms with Gasteiger partial charge < -0.3 is 10.0 Å². The van der Waals surface area contributed by atoms with Crippen molar-refractivity contribution in [3.05, 3.63) is 16.1 Å². The van der Waals surface area contributed by atoms with Crippen molar-refractivity contribution in [2.24, 2.45) is 0 Å². The minimum atomic E-state index is -1.60. The summed E-state index contributed by atoms with van der Waals surface area (Å²) in [6.07, 6.45) is -0.272. The number of carbonyl (C=O) groups is 2. The highest BCUT2D eigenvalue weighted by molar-refractivity contribution is 7.10. The Hall–Kier alpha value is -1.50. The number of piperidine rings is 1. The molecule has 1 aliphatic heterocycles. The molecule has 0 bridgehead atoms. The highest BCUT2D eigenvalue weighted by atomic mass is 32.1. The molecule has 0 atom stereocenters. The van der Waals surface area contributed by atoms with E-state index < -0.39 is 11.8 Å². The first-order valence-electron chi connectivity index (χ1n) is 5.13. The Kier molecular flexibility index (Phi) is 3.10. The van der Waals surface area contributed by atoms with Crippen LogP contribution in [0.1, 0.15) is 28.3 Å². The van der Waals surface area contributed by atoms with Gasteiger partial charge in [0, 0.05) is 31.3 Å². The van der Waals surface area contributed by atoms with Gasteiger partial charge in [0.25, 0.3) is 0 Å². The average molecular weight is 258 g/mol. The van der Waals surface area contributed by atoms with Crippen molar-refractivity contribution in [3.8, 4) is 0 Å². The predicted octanol–water partition coefficient (Wildman–Crippen LogP) is 1.89. The van der Waals surface area contributed by atoms with Crippen LogP contribution in [0.3, 0.4) is 0 Å². The van der Waals surface area contributed by atoms with Crippen molar-refractivity contribution in [3.63, 3.8) is 0 Å². The first kappa shape index (κ1) is 12.0. The van der Waals surface area contributed by atoms with E-state index in [1.165, 1.54) is 10.3 Å². The zero-order chi connectivity index (χ0) is 12.5. The van der Waals surface area contributed by atoms with Gasteiger partial charge in [-0.25, -0.2) is 14.2 Å². The molecule has 1 aliphatic rings. The number of halogens is 1. The molecule has 0 aliphatic carbocycles. The third-order valence-electron chi connectivity index (χ3n) is 2.85. The van der Waals surface area contributed by atoms with Crippen LogP contribution in [0.2, 0.25) is 0 Å². The molecule has 2 heterocycles. The molecule has 1 amide bonds. The number of nitrogens with zero attached hydrogens (tertiary/aromatic N) is 2. The summed E-state index contributed by atoms with van der Waals surface area (Å²) in [6.45, 7) is 0.309. The number of rotatable bonds is 2. The number of aromatic nitrogens is 1. The zero-order valence-corrected chi connectivity index (χ0v) is 9.74. The van der Waals surface area contributed by atoms with Gasteiger partial charge in [0.2, 0.25) is 0 Å². The fourth-order valence-corrected chi connectivity index (χ4v) is 2.73. The van der Waals surface area contributed by atoms with E-state index in [4.69, 9.17) is 5.11 Å². The number of amides is 1. The highest BCUT2D eigenvalue weighted by Crippen LogP contribution is 2.38. The molecule has 0 saturated carbocycles. The van der Waals surface area contributed by atoms with E-state index in [1.807, 2.05) is 0 Å². The van der Waals surface area contributed by atoms with Crippen LogP contribution in [-0.2, 0) is 5.67 Å². The molecular weight excluding hydrogens is 247 g/mol. The maximum absolute atomic E-state index is 14.5. The Labute approximate surface area is 101 Å². The van der Waals surface area contributed by atoms with Gasteiger partial charge in [-0.3, -0.25) is 4.79 Å². The van der Waals surface area contributed by atoms with E-state index in [2.05, 4.69) is 4.98 Å². The average Bonchev–Trinajstić information content (AvgIpc) is 2.78. The molecule has 0 radical (unpaired) electrons. The Morgan fingerprint density at radius 2 is 2.24 bits per heavy atom. The van der Waals surface area contributed by atoms with Crippen molar-refractivity contribution in [1.29, 1.82) is 0 Å². The van der Waals surface area contributed by atoms with Crippen LogP contribution in [0.5, 0.6) is 0 Å². The number of likely N-dealkylation sites (tertiary alicyclic amines) is 1. The lowest BCUT2D eigenvalue weighted by molar-refractivity contribution is 0.0549. The highest BCUT2D eigenvalue weighted by Gasteiger charge is 2.40. The number of thiazole rings is 1. The molecular formula is C10H11FN2O3S. The lowest BCUT2D eigenvalue weighted by Gasteiger charge is -2.33. The topological polar surface area (TPSA) is 70.5 Å². The number of alkyl halides is 1. The number of aldehydes is 1. The molecule has 0 aromatic carbocycles. The fraction of sp³-hybridized carbons (Fsp3) is 0.500. The quantitative estimate of drug-likeness (QED) is 0.822. The van der Waals surface area contributed by atoms with Gasteiger partial charge in [-0.1, -0.05) is 0 Å². The van der Waals surface area contributed by atoms with E-state index >= 15 is 0 Å². The first-order valence-corrected chi connectivity index (χ1v) is 6.01. The number of hydrogen-bond donors (Lipinski definition) is 1. The predicted molar refractivity (Wildman–Crippen MR) is 59.1 cm³/mol. The maximum Gasteiger partial charge on any atom is 0.407 e. The second-order valence-electron chi connectivity index (χ2n) is 3.93. The number of hydrogen-bond acceptors (Lipinski definition) is 4. The molecule has 5 nitrogen and oxygen atoms in total. The van der Waals surface area contributed by atoms with Gasteiger partial charge in [-0.05, 0) is 0 Å². The Morgan fingerprint density at radius 1 is 1.59 bits per heavy atom.